The van der Waals surface area contributed by atoms with E-state index in [-0.39, 0.29) is 35.5 Å². The Balaban J connectivity index is 0.000000605. The minimum atomic E-state index is 0. The van der Waals surface area contributed by atoms with E-state index < -0.39 is 0 Å². The molecule has 0 aromatic rings. The van der Waals surface area contributed by atoms with Gasteiger partial charge in [0.2, 0.25) is 0 Å². The largest absolute Gasteiger partial charge is 1.00 e. The molecule has 0 saturated carbocycles. The average Bonchev–Trinajstić information content (AvgIpc) is 1.86. The zero-order valence-corrected chi connectivity index (χ0v) is 9.52. The number of carbonyl (C=O) groups is 1. The van der Waals surface area contributed by atoms with Crippen LogP contribution in [-0.4, -0.2) is 21.4 Å². The first kappa shape index (κ1) is 9.65. The van der Waals surface area contributed by atoms with Gasteiger partial charge in [-0.3, -0.25) is 0 Å². The molecule has 0 aromatic heterocycles. The first-order valence-electron chi connectivity index (χ1n) is 3.34. The van der Waals surface area contributed by atoms with Gasteiger partial charge < -0.3 is 9.69 Å². The number of amides is 1. The van der Waals surface area contributed by atoms with Gasteiger partial charge >= 0.3 is 29.6 Å². The van der Waals surface area contributed by atoms with E-state index in [9.17, 15) is 4.79 Å². The van der Waals surface area contributed by atoms with Crippen molar-refractivity contribution in [1.29, 1.82) is 0 Å². The fourth-order valence-electron chi connectivity index (χ4n) is 1.12. The molecule has 2 heterocycles. The van der Waals surface area contributed by atoms with E-state index in [1.54, 1.807) is 4.90 Å². The Bertz CT molecular complexity index is 207. The van der Waals surface area contributed by atoms with Gasteiger partial charge in [0, 0.05) is 10.6 Å². The summed E-state index contributed by atoms with van der Waals surface area (Å²) < 4.78 is 0. The van der Waals surface area contributed by atoms with Gasteiger partial charge in [0.25, 0.3) is 0 Å². The molecule has 0 bridgehead atoms. The molecular formula is C7H8NNaOS. The second kappa shape index (κ2) is 3.52. The van der Waals surface area contributed by atoms with Gasteiger partial charge in [-0.25, -0.2) is 0 Å². The van der Waals surface area contributed by atoms with Crippen molar-refractivity contribution in [1.82, 2.24) is 4.90 Å². The van der Waals surface area contributed by atoms with Crippen LogP contribution in [0.4, 0.5) is 0 Å². The number of fused-ring (bicyclic) bond motifs is 1. The van der Waals surface area contributed by atoms with Gasteiger partial charge in [0.15, 0.2) is 0 Å². The van der Waals surface area contributed by atoms with E-state index in [0.717, 1.165) is 0 Å². The third kappa shape index (κ3) is 1.66. The number of hydrogen-bond acceptors (Lipinski definition) is 2. The fraction of sp³-hybridized carbons (Fsp3) is 0.571. The molecule has 2 atom stereocenters. The summed E-state index contributed by atoms with van der Waals surface area (Å²) in [4.78, 5) is 12.5. The average molecular weight is 177 g/mol. The van der Waals surface area contributed by atoms with Crippen LogP contribution >= 0.6 is 11.8 Å². The zero-order valence-electron chi connectivity index (χ0n) is 6.70. The molecule has 54 valence electrons. The number of nitrogens with zero attached hydrogens (tertiary/aromatic N) is 1. The number of thioether (sulfide) groups is 1. The van der Waals surface area contributed by atoms with Crippen LogP contribution in [0.2, 0.25) is 0 Å². The Labute approximate surface area is 92.7 Å². The van der Waals surface area contributed by atoms with Gasteiger partial charge in [-0.15, -0.1) is 17.8 Å². The summed E-state index contributed by atoms with van der Waals surface area (Å²) in [5, 5.41) is 0.918. The van der Waals surface area contributed by atoms with Crippen LogP contribution in [-0.2, 0) is 4.79 Å². The maximum absolute atomic E-state index is 10.8. The molecule has 0 aliphatic carbocycles. The minimum Gasteiger partial charge on any atom is -0.473 e. The fourth-order valence-corrected chi connectivity index (χ4v) is 2.30. The Morgan fingerprint density at radius 1 is 1.82 bits per heavy atom. The van der Waals surface area contributed by atoms with Crippen LogP contribution in [0.1, 0.15) is 13.3 Å². The number of carbonyl (C=O) groups excluding carboxylic acids is 1. The molecule has 1 saturated heterocycles. The number of rotatable bonds is 0. The first-order chi connectivity index (χ1) is 4.77. The van der Waals surface area contributed by atoms with Crippen LogP contribution in [0, 0.1) is 6.20 Å². The summed E-state index contributed by atoms with van der Waals surface area (Å²) in [6.45, 7) is 2.12. The standard InChI is InChI=1S/C7H8NOS.Na/c1-5-2-3-8-6(9)4-7(8)10-5;/h2,5,7H,4H2,1H3;/q-1;+1/t5?,7-;/m1./s1. The Morgan fingerprint density at radius 2 is 2.55 bits per heavy atom. The maximum atomic E-state index is 10.8. The van der Waals surface area contributed by atoms with Crippen molar-refractivity contribution in [3.8, 4) is 0 Å². The van der Waals surface area contributed by atoms with E-state index in [4.69, 9.17) is 0 Å². The molecule has 1 amide bonds. The molecule has 4 heteroatoms. The molecule has 1 fully saturated rings. The van der Waals surface area contributed by atoms with Crippen molar-refractivity contribution >= 4 is 17.7 Å². The summed E-state index contributed by atoms with van der Waals surface area (Å²) in [5.74, 6) is 0.209. The molecule has 1 unspecified atom stereocenters. The van der Waals surface area contributed by atoms with Crippen molar-refractivity contribution in [2.45, 2.75) is 24.0 Å². The summed E-state index contributed by atoms with van der Waals surface area (Å²) in [6, 6.07) is 0. The quantitative estimate of drug-likeness (QED) is 0.242. The van der Waals surface area contributed by atoms with Crippen LogP contribution in [0.25, 0.3) is 0 Å². The first-order valence-corrected chi connectivity index (χ1v) is 4.28. The number of β-lactam (4-membered cyclic amide) rings is 1. The van der Waals surface area contributed by atoms with Crippen molar-refractivity contribution in [3.05, 3.63) is 12.3 Å². The molecule has 2 aliphatic rings. The van der Waals surface area contributed by atoms with E-state index in [0.29, 0.717) is 17.0 Å². The molecule has 0 N–H and O–H groups in total. The van der Waals surface area contributed by atoms with Gasteiger partial charge in [-0.05, 0) is 6.42 Å². The topological polar surface area (TPSA) is 20.3 Å². The van der Waals surface area contributed by atoms with E-state index >= 15 is 0 Å². The molecule has 0 radical (unpaired) electrons. The molecule has 0 spiro atoms. The third-order valence-corrected chi connectivity index (χ3v) is 2.98. The third-order valence-electron chi connectivity index (χ3n) is 1.73. The molecule has 2 nitrogen and oxygen atoms in total. The van der Waals surface area contributed by atoms with Crippen LogP contribution < -0.4 is 29.6 Å². The Kier molecular flexibility index (Phi) is 3.09. The van der Waals surface area contributed by atoms with E-state index in [2.05, 4.69) is 13.1 Å². The molecule has 0 aromatic carbocycles. The normalized spacial score (nSPS) is 33.9. The number of hydrogen-bond donors (Lipinski definition) is 0. The van der Waals surface area contributed by atoms with Gasteiger partial charge in [0.05, 0.1) is 5.91 Å². The second-order valence-corrected chi connectivity index (χ2v) is 4.12. The SMILES string of the molecule is CC1C=[C-]N2C(=O)C[C@H]2S1.[Na+]. The van der Waals surface area contributed by atoms with Crippen molar-refractivity contribution in [3.63, 3.8) is 0 Å². The van der Waals surface area contributed by atoms with Crippen molar-refractivity contribution in [2.24, 2.45) is 0 Å². The Hall–Kier alpha value is 0.560. The van der Waals surface area contributed by atoms with Crippen LogP contribution in [0.3, 0.4) is 0 Å². The summed E-state index contributed by atoms with van der Waals surface area (Å²) in [6.07, 6.45) is 5.60. The predicted molar refractivity (Wildman–Crippen MR) is 40.1 cm³/mol. The molecule has 2 rings (SSSR count). The molecule has 11 heavy (non-hydrogen) atoms. The van der Waals surface area contributed by atoms with Crippen molar-refractivity contribution < 1.29 is 34.4 Å². The van der Waals surface area contributed by atoms with Gasteiger partial charge in [-0.1, -0.05) is 6.92 Å². The smallest absolute Gasteiger partial charge is 0.473 e. The van der Waals surface area contributed by atoms with E-state index in [1.165, 1.54) is 0 Å². The van der Waals surface area contributed by atoms with Gasteiger partial charge in [-0.2, -0.15) is 6.20 Å². The molecule has 2 aliphatic heterocycles. The maximum Gasteiger partial charge on any atom is 1.00 e. The van der Waals surface area contributed by atoms with Crippen molar-refractivity contribution in [2.75, 3.05) is 0 Å². The van der Waals surface area contributed by atoms with Gasteiger partial charge in [0.1, 0.15) is 0 Å². The van der Waals surface area contributed by atoms with Crippen LogP contribution in [0.15, 0.2) is 6.08 Å². The van der Waals surface area contributed by atoms with Crippen LogP contribution in [0.5, 0.6) is 0 Å². The summed E-state index contributed by atoms with van der Waals surface area (Å²) in [5.41, 5.74) is 0. The summed E-state index contributed by atoms with van der Waals surface area (Å²) in [7, 11) is 0. The zero-order chi connectivity index (χ0) is 7.14. The predicted octanol–water partition coefficient (Wildman–Crippen LogP) is -2.00. The minimum absolute atomic E-state index is 0. The van der Waals surface area contributed by atoms with E-state index in [1.807, 2.05) is 17.8 Å². The monoisotopic (exact) mass is 177 g/mol. The summed E-state index contributed by atoms with van der Waals surface area (Å²) >= 11 is 1.83. The second-order valence-electron chi connectivity index (χ2n) is 2.56. The Morgan fingerprint density at radius 3 is 3.09 bits per heavy atom. The molecular weight excluding hydrogens is 169 g/mol.